The fourth-order valence-electron chi connectivity index (χ4n) is 5.34. The summed E-state index contributed by atoms with van der Waals surface area (Å²) in [6, 6.07) is 20.1. The highest BCUT2D eigenvalue weighted by Gasteiger charge is 2.37. The molecule has 38 heavy (non-hydrogen) atoms. The van der Waals surface area contributed by atoms with Crippen LogP contribution in [0.25, 0.3) is 22.3 Å². The molecule has 2 aromatic carbocycles. The van der Waals surface area contributed by atoms with E-state index in [1.807, 2.05) is 10.8 Å². The Bertz CT molecular complexity index is 1440. The molecule has 7 nitrogen and oxygen atoms in total. The highest BCUT2D eigenvalue weighted by molar-refractivity contribution is 6.76. The lowest BCUT2D eigenvalue weighted by Gasteiger charge is -2.38. The molecule has 4 aromatic rings. The number of primary amides is 1. The lowest BCUT2D eigenvalue weighted by Crippen LogP contribution is -2.39. The second kappa shape index (κ2) is 10.7. The van der Waals surface area contributed by atoms with Crippen LogP contribution in [-0.4, -0.2) is 41.9 Å². The minimum atomic E-state index is -1.14. The Morgan fingerprint density at radius 2 is 1.89 bits per heavy atom. The number of ether oxygens (including phenoxy) is 2. The number of aryl methyl sites for hydroxylation is 1. The van der Waals surface area contributed by atoms with Crippen molar-refractivity contribution in [2.45, 2.75) is 57.1 Å². The third kappa shape index (κ3) is 5.66. The first-order valence-corrected chi connectivity index (χ1v) is 16.9. The van der Waals surface area contributed by atoms with E-state index in [1.165, 1.54) is 11.1 Å². The summed E-state index contributed by atoms with van der Waals surface area (Å²) in [6.07, 6.45) is 5.45. The average Bonchev–Trinajstić information content (AvgIpc) is 3.32. The predicted molar refractivity (Wildman–Crippen MR) is 153 cm³/mol. The van der Waals surface area contributed by atoms with Crippen LogP contribution in [0.1, 0.15) is 23.1 Å². The normalized spacial score (nSPS) is 17.3. The number of carbonyl (C=O) groups excluding carboxylic acids is 1. The van der Waals surface area contributed by atoms with Gasteiger partial charge in [-0.15, -0.1) is 0 Å². The van der Waals surface area contributed by atoms with E-state index in [9.17, 15) is 4.79 Å². The monoisotopic (exact) mass is 528 g/mol. The summed E-state index contributed by atoms with van der Waals surface area (Å²) in [5.41, 5.74) is 11.5. The molecule has 2 aromatic heterocycles. The molecule has 5 rings (SSSR count). The van der Waals surface area contributed by atoms with Gasteiger partial charge in [0.15, 0.2) is 0 Å². The van der Waals surface area contributed by atoms with Gasteiger partial charge in [0, 0.05) is 37.2 Å². The quantitative estimate of drug-likeness (QED) is 0.215. The maximum absolute atomic E-state index is 11.6. The highest BCUT2D eigenvalue weighted by atomic mass is 28.3. The predicted octanol–water partition coefficient (Wildman–Crippen LogP) is 5.93. The Morgan fingerprint density at radius 1 is 1.08 bits per heavy atom. The molecule has 0 bridgehead atoms. The SMILES string of the molecule is C[Si](C)(C)CCOCn1ccc2c(-c3cccc(C4(COC(N)=O)CCc5ccccc5C4)c3)ncnc21. The summed E-state index contributed by atoms with van der Waals surface area (Å²) in [5.74, 6) is 0. The molecule has 1 amide bonds. The van der Waals surface area contributed by atoms with Gasteiger partial charge in [0.2, 0.25) is 0 Å². The third-order valence-electron chi connectivity index (χ3n) is 7.54. The van der Waals surface area contributed by atoms with Gasteiger partial charge < -0.3 is 19.8 Å². The van der Waals surface area contributed by atoms with Crippen LogP contribution in [0.15, 0.2) is 67.1 Å². The van der Waals surface area contributed by atoms with Crippen LogP contribution in [0.5, 0.6) is 0 Å². The molecule has 0 saturated carbocycles. The lowest BCUT2D eigenvalue weighted by atomic mass is 9.67. The Morgan fingerprint density at radius 3 is 2.68 bits per heavy atom. The van der Waals surface area contributed by atoms with Gasteiger partial charge in [-0.3, -0.25) is 0 Å². The van der Waals surface area contributed by atoms with E-state index in [0.717, 1.165) is 59.8 Å². The fourth-order valence-corrected chi connectivity index (χ4v) is 6.10. The third-order valence-corrected chi connectivity index (χ3v) is 9.25. The van der Waals surface area contributed by atoms with Crippen molar-refractivity contribution < 1.29 is 14.3 Å². The van der Waals surface area contributed by atoms with E-state index in [1.54, 1.807) is 6.33 Å². The van der Waals surface area contributed by atoms with Gasteiger partial charge in [0.25, 0.3) is 0 Å². The van der Waals surface area contributed by atoms with Gasteiger partial charge in [0.1, 0.15) is 25.3 Å². The minimum Gasteiger partial charge on any atom is -0.449 e. The Balaban J connectivity index is 1.46. The first-order valence-electron chi connectivity index (χ1n) is 13.2. The number of benzene rings is 2. The molecule has 2 heterocycles. The lowest BCUT2D eigenvalue weighted by molar-refractivity contribution is 0.0899. The van der Waals surface area contributed by atoms with Crippen molar-refractivity contribution >= 4 is 25.2 Å². The van der Waals surface area contributed by atoms with E-state index in [4.69, 9.17) is 15.2 Å². The van der Waals surface area contributed by atoms with E-state index in [0.29, 0.717) is 6.73 Å². The highest BCUT2D eigenvalue weighted by Crippen LogP contribution is 2.40. The van der Waals surface area contributed by atoms with Gasteiger partial charge in [-0.05, 0) is 54.1 Å². The van der Waals surface area contributed by atoms with E-state index in [2.05, 4.69) is 84.2 Å². The molecule has 0 saturated heterocycles. The van der Waals surface area contributed by atoms with Gasteiger partial charge in [-0.25, -0.2) is 14.8 Å². The zero-order valence-electron chi connectivity index (χ0n) is 22.4. The number of fused-ring (bicyclic) bond motifs is 2. The molecular weight excluding hydrogens is 492 g/mol. The fraction of sp³-hybridized carbons (Fsp3) is 0.367. The number of amides is 1. The summed E-state index contributed by atoms with van der Waals surface area (Å²) < 4.78 is 13.5. The molecule has 0 spiro atoms. The van der Waals surface area contributed by atoms with Gasteiger partial charge in [-0.1, -0.05) is 62.1 Å². The second-order valence-corrected chi connectivity index (χ2v) is 17.1. The molecule has 2 N–H and O–H groups in total. The minimum absolute atomic E-state index is 0.241. The van der Waals surface area contributed by atoms with E-state index >= 15 is 0 Å². The van der Waals surface area contributed by atoms with Crippen LogP contribution >= 0.6 is 0 Å². The van der Waals surface area contributed by atoms with Crippen LogP contribution in [0, 0.1) is 0 Å². The summed E-state index contributed by atoms with van der Waals surface area (Å²) in [7, 11) is -1.14. The Kier molecular flexibility index (Phi) is 7.36. The van der Waals surface area contributed by atoms with E-state index < -0.39 is 14.2 Å². The summed E-state index contributed by atoms with van der Waals surface area (Å²) in [4.78, 5) is 20.9. The summed E-state index contributed by atoms with van der Waals surface area (Å²) in [6.45, 7) is 8.53. The average molecular weight is 529 g/mol. The van der Waals surface area contributed by atoms with Crippen LogP contribution in [0.4, 0.5) is 4.79 Å². The van der Waals surface area contributed by atoms with Gasteiger partial charge >= 0.3 is 6.09 Å². The van der Waals surface area contributed by atoms with Crippen molar-refractivity contribution in [2.24, 2.45) is 5.73 Å². The van der Waals surface area contributed by atoms with Crippen LogP contribution < -0.4 is 5.73 Å². The van der Waals surface area contributed by atoms with Crippen molar-refractivity contribution in [1.29, 1.82) is 0 Å². The number of nitrogens with two attached hydrogens (primary N) is 1. The number of rotatable bonds is 9. The number of hydrogen-bond acceptors (Lipinski definition) is 5. The maximum atomic E-state index is 11.6. The van der Waals surface area contributed by atoms with Gasteiger partial charge in [-0.2, -0.15) is 0 Å². The smallest absolute Gasteiger partial charge is 0.404 e. The molecule has 198 valence electrons. The summed E-state index contributed by atoms with van der Waals surface area (Å²) in [5, 5.41) is 0.981. The zero-order chi connectivity index (χ0) is 26.8. The van der Waals surface area contributed by atoms with Crippen molar-refractivity contribution in [1.82, 2.24) is 14.5 Å². The molecule has 0 aliphatic heterocycles. The molecule has 1 atom stereocenters. The van der Waals surface area contributed by atoms with Crippen LogP contribution in [0.3, 0.4) is 0 Å². The van der Waals surface area contributed by atoms with Gasteiger partial charge in [0.05, 0.1) is 5.69 Å². The zero-order valence-corrected chi connectivity index (χ0v) is 23.4. The largest absolute Gasteiger partial charge is 0.449 e. The standard InChI is InChI=1S/C30H36N4O3Si/c1-38(2,3)16-15-36-21-34-14-12-26-27(32-20-33-28(26)34)23-9-6-10-25(17-23)30(19-37-29(31)35)13-11-22-7-4-5-8-24(22)18-30/h4-10,12,14,17,20H,11,13,15-16,18-19,21H2,1-3H3,(H2,31,35). The molecule has 1 aliphatic carbocycles. The summed E-state index contributed by atoms with van der Waals surface area (Å²) >= 11 is 0. The molecule has 1 unspecified atom stereocenters. The Hall–Kier alpha value is -3.49. The van der Waals surface area contributed by atoms with Crippen molar-refractivity contribution in [2.75, 3.05) is 13.2 Å². The first kappa shape index (κ1) is 26.1. The number of aromatic nitrogens is 3. The van der Waals surface area contributed by atoms with Crippen LogP contribution in [-0.2, 0) is 34.5 Å². The Labute approximate surface area is 225 Å². The number of nitrogens with zero attached hydrogens (tertiary/aromatic N) is 3. The molecule has 1 aliphatic rings. The second-order valence-electron chi connectivity index (χ2n) is 11.5. The van der Waals surface area contributed by atoms with Crippen molar-refractivity contribution in [3.63, 3.8) is 0 Å². The molecular formula is C30H36N4O3Si. The topological polar surface area (TPSA) is 92.3 Å². The number of carbonyl (C=O) groups is 1. The van der Waals surface area contributed by atoms with Crippen LogP contribution in [0.2, 0.25) is 25.7 Å². The van der Waals surface area contributed by atoms with E-state index in [-0.39, 0.29) is 12.0 Å². The molecule has 0 fully saturated rings. The molecule has 0 radical (unpaired) electrons. The first-order chi connectivity index (χ1) is 18.2. The maximum Gasteiger partial charge on any atom is 0.404 e. The van der Waals surface area contributed by atoms with Crippen molar-refractivity contribution in [3.8, 4) is 11.3 Å². The molecule has 8 heteroatoms. The number of hydrogen-bond donors (Lipinski definition) is 1. The van der Waals surface area contributed by atoms with Crippen molar-refractivity contribution in [3.05, 3.63) is 83.8 Å².